The first-order chi connectivity index (χ1) is 12.7. The van der Waals surface area contributed by atoms with Crippen molar-refractivity contribution < 1.29 is 13.7 Å². The summed E-state index contributed by atoms with van der Waals surface area (Å²) in [5, 5.41) is 0.491. The molecule has 0 saturated carbocycles. The van der Waals surface area contributed by atoms with Crippen LogP contribution in [0.2, 0.25) is 0 Å². The largest absolute Gasteiger partial charge is 0.497 e. The molecule has 0 radical (unpaired) electrons. The number of aromatic nitrogens is 2. The van der Waals surface area contributed by atoms with Crippen LogP contribution in [-0.2, 0) is 21.3 Å². The molecule has 1 aromatic heterocycles. The Balaban J connectivity index is 1.58. The molecule has 1 atom stereocenters. The van der Waals surface area contributed by atoms with Gasteiger partial charge in [-0.15, -0.1) is 0 Å². The highest BCUT2D eigenvalue weighted by molar-refractivity contribution is 7.84. The summed E-state index contributed by atoms with van der Waals surface area (Å²) in [4.78, 5) is 9.94. The van der Waals surface area contributed by atoms with Gasteiger partial charge in [0, 0.05) is 24.8 Å². The molecule has 136 valence electrons. The number of benzene rings is 2. The van der Waals surface area contributed by atoms with Crippen LogP contribution in [0.5, 0.6) is 5.75 Å². The van der Waals surface area contributed by atoms with Gasteiger partial charge in [-0.1, -0.05) is 18.2 Å². The molecule has 0 spiro atoms. The molecule has 1 aliphatic rings. The van der Waals surface area contributed by atoms with Crippen LogP contribution in [0.25, 0.3) is 11.0 Å². The predicted molar refractivity (Wildman–Crippen MR) is 102 cm³/mol. The van der Waals surface area contributed by atoms with Crippen LogP contribution < -0.4 is 9.64 Å². The number of anilines is 1. The Morgan fingerprint density at radius 3 is 2.85 bits per heavy atom. The van der Waals surface area contributed by atoms with Crippen LogP contribution in [0.1, 0.15) is 5.56 Å². The summed E-state index contributed by atoms with van der Waals surface area (Å²) >= 11 is 0. The average molecular weight is 371 g/mol. The lowest BCUT2D eigenvalue weighted by molar-refractivity contribution is 0.122. The number of hydrogen-bond acceptors (Lipinski definition) is 5. The number of methoxy groups -OCH3 is 1. The molecule has 2 aromatic carbocycles. The van der Waals surface area contributed by atoms with Gasteiger partial charge in [0.05, 0.1) is 47.9 Å². The maximum absolute atomic E-state index is 12.9. The molecule has 1 N–H and O–H groups in total. The van der Waals surface area contributed by atoms with Gasteiger partial charge in [0.15, 0.2) is 5.16 Å². The van der Waals surface area contributed by atoms with Crippen LogP contribution in [-0.4, -0.2) is 47.6 Å². The smallest absolute Gasteiger partial charge is 0.197 e. The summed E-state index contributed by atoms with van der Waals surface area (Å²) in [5.41, 5.74) is 3.80. The second-order valence-electron chi connectivity index (χ2n) is 6.14. The lowest BCUT2D eigenvalue weighted by atomic mass is 10.1. The second-order valence-corrected chi connectivity index (χ2v) is 7.51. The lowest BCUT2D eigenvalue weighted by Gasteiger charge is -2.30. The summed E-state index contributed by atoms with van der Waals surface area (Å²) in [6.45, 7) is 3.16. The Hall–Kier alpha value is -2.38. The van der Waals surface area contributed by atoms with Crippen molar-refractivity contribution in [2.45, 2.75) is 10.9 Å². The normalized spacial score (nSPS) is 16.0. The molecular formula is C19H21N3O3S. The fraction of sp³-hybridized carbons (Fsp3) is 0.316. The zero-order valence-electron chi connectivity index (χ0n) is 14.6. The molecule has 4 rings (SSSR count). The van der Waals surface area contributed by atoms with E-state index in [1.54, 1.807) is 7.11 Å². The Morgan fingerprint density at radius 2 is 2.04 bits per heavy atom. The highest BCUT2D eigenvalue weighted by Crippen LogP contribution is 2.25. The monoisotopic (exact) mass is 371 g/mol. The van der Waals surface area contributed by atoms with Crippen molar-refractivity contribution in [1.29, 1.82) is 0 Å². The number of ether oxygens (including phenoxy) is 2. The zero-order chi connectivity index (χ0) is 17.9. The van der Waals surface area contributed by atoms with E-state index in [1.807, 2.05) is 36.4 Å². The second kappa shape index (κ2) is 7.47. The van der Waals surface area contributed by atoms with Crippen molar-refractivity contribution in [1.82, 2.24) is 9.97 Å². The highest BCUT2D eigenvalue weighted by atomic mass is 32.2. The van der Waals surface area contributed by atoms with Crippen molar-refractivity contribution in [3.8, 4) is 5.75 Å². The number of H-pyrrole nitrogens is 1. The standard InChI is InChI=1S/C19H21N3O3S/c1-24-15-6-7-16-17(12-15)21-19(20-16)26(23)13-14-4-2-3-5-18(14)22-8-10-25-11-9-22/h2-7,12H,8-11,13H2,1H3,(H,20,21). The third-order valence-corrected chi connectivity index (χ3v) is 5.71. The molecule has 1 saturated heterocycles. The SMILES string of the molecule is COc1ccc2nc(S(=O)Cc3ccccc3N3CCOCC3)[nH]c2c1. The Bertz CT molecular complexity index is 935. The van der Waals surface area contributed by atoms with Gasteiger partial charge < -0.3 is 19.4 Å². The van der Waals surface area contributed by atoms with Crippen LogP contribution in [0.4, 0.5) is 5.69 Å². The summed E-state index contributed by atoms with van der Waals surface area (Å²) in [6, 6.07) is 13.7. The van der Waals surface area contributed by atoms with Crippen LogP contribution >= 0.6 is 0 Å². The minimum atomic E-state index is -1.26. The summed E-state index contributed by atoms with van der Waals surface area (Å²) in [6.07, 6.45) is 0. The highest BCUT2D eigenvalue weighted by Gasteiger charge is 2.17. The van der Waals surface area contributed by atoms with E-state index < -0.39 is 10.8 Å². The number of fused-ring (bicyclic) bond motifs is 1. The van der Waals surface area contributed by atoms with Crippen LogP contribution in [0.3, 0.4) is 0 Å². The first-order valence-electron chi connectivity index (χ1n) is 8.57. The maximum atomic E-state index is 12.9. The molecule has 1 aliphatic heterocycles. The van der Waals surface area contributed by atoms with Crippen molar-refractivity contribution in [3.63, 3.8) is 0 Å². The predicted octanol–water partition coefficient (Wildman–Crippen LogP) is 2.72. The number of hydrogen-bond donors (Lipinski definition) is 1. The van der Waals surface area contributed by atoms with Gasteiger partial charge in [-0.2, -0.15) is 0 Å². The molecule has 0 bridgehead atoms. The minimum absolute atomic E-state index is 0.421. The third-order valence-electron chi connectivity index (χ3n) is 4.51. The molecule has 3 aromatic rings. The fourth-order valence-electron chi connectivity index (χ4n) is 3.16. The van der Waals surface area contributed by atoms with Crippen molar-refractivity contribution in [2.75, 3.05) is 38.3 Å². The van der Waals surface area contributed by atoms with E-state index in [9.17, 15) is 4.21 Å². The Labute approximate surface area is 154 Å². The molecular weight excluding hydrogens is 350 g/mol. The number of imidazole rings is 1. The number of aromatic amines is 1. The summed E-state index contributed by atoms with van der Waals surface area (Å²) in [5.74, 6) is 1.17. The number of nitrogens with one attached hydrogen (secondary N) is 1. The van der Waals surface area contributed by atoms with E-state index in [2.05, 4.69) is 20.9 Å². The molecule has 26 heavy (non-hydrogen) atoms. The van der Waals surface area contributed by atoms with E-state index in [4.69, 9.17) is 9.47 Å². The first kappa shape index (κ1) is 17.1. The van der Waals surface area contributed by atoms with Gasteiger partial charge in [-0.3, -0.25) is 4.21 Å². The van der Waals surface area contributed by atoms with Crippen LogP contribution in [0.15, 0.2) is 47.6 Å². The fourth-order valence-corrected chi connectivity index (χ4v) is 4.24. The Kier molecular flexibility index (Phi) is 4.90. The molecule has 7 heteroatoms. The molecule has 1 unspecified atom stereocenters. The van der Waals surface area contributed by atoms with Crippen molar-refractivity contribution in [2.24, 2.45) is 0 Å². The lowest BCUT2D eigenvalue weighted by Crippen LogP contribution is -2.36. The molecule has 6 nitrogen and oxygen atoms in total. The Morgan fingerprint density at radius 1 is 1.23 bits per heavy atom. The van der Waals surface area contributed by atoms with Crippen LogP contribution in [0, 0.1) is 0 Å². The number of nitrogens with zero attached hydrogens (tertiary/aromatic N) is 2. The number of rotatable bonds is 5. The van der Waals surface area contributed by atoms with E-state index in [0.29, 0.717) is 10.9 Å². The quantitative estimate of drug-likeness (QED) is 0.747. The number of para-hydroxylation sites is 1. The van der Waals surface area contributed by atoms with Gasteiger partial charge in [-0.25, -0.2) is 4.98 Å². The van der Waals surface area contributed by atoms with Gasteiger partial charge in [-0.05, 0) is 23.8 Å². The molecule has 0 amide bonds. The van der Waals surface area contributed by atoms with E-state index in [-0.39, 0.29) is 0 Å². The minimum Gasteiger partial charge on any atom is -0.497 e. The van der Waals surface area contributed by atoms with E-state index in [1.165, 1.54) is 0 Å². The summed E-state index contributed by atoms with van der Waals surface area (Å²) in [7, 11) is 0.368. The molecule has 1 fully saturated rings. The third kappa shape index (κ3) is 3.45. The van der Waals surface area contributed by atoms with Crippen molar-refractivity contribution in [3.05, 3.63) is 48.0 Å². The summed E-state index contributed by atoms with van der Waals surface area (Å²) < 4.78 is 23.6. The topological polar surface area (TPSA) is 67.4 Å². The maximum Gasteiger partial charge on any atom is 0.197 e. The van der Waals surface area contributed by atoms with Gasteiger partial charge >= 0.3 is 0 Å². The number of morpholine rings is 1. The van der Waals surface area contributed by atoms with Gasteiger partial charge in [0.2, 0.25) is 0 Å². The van der Waals surface area contributed by atoms with E-state index >= 15 is 0 Å². The molecule has 0 aliphatic carbocycles. The zero-order valence-corrected chi connectivity index (χ0v) is 15.4. The van der Waals surface area contributed by atoms with Gasteiger partial charge in [0.25, 0.3) is 0 Å². The van der Waals surface area contributed by atoms with Gasteiger partial charge in [0.1, 0.15) is 5.75 Å². The van der Waals surface area contributed by atoms with E-state index in [0.717, 1.165) is 54.3 Å². The average Bonchev–Trinajstić information content (AvgIpc) is 3.12. The molecule has 2 heterocycles. The first-order valence-corrected chi connectivity index (χ1v) is 9.89. The van der Waals surface area contributed by atoms with Crippen molar-refractivity contribution >= 4 is 27.5 Å².